The zero-order valence-electron chi connectivity index (χ0n) is 9.25. The lowest BCUT2D eigenvalue weighted by Crippen LogP contribution is -2.12. The van der Waals surface area contributed by atoms with Gasteiger partial charge in [0, 0.05) is 11.4 Å². The van der Waals surface area contributed by atoms with Gasteiger partial charge in [-0.2, -0.15) is 0 Å². The quantitative estimate of drug-likeness (QED) is 0.778. The van der Waals surface area contributed by atoms with Crippen LogP contribution in [0.3, 0.4) is 0 Å². The number of hydrogen-bond donors (Lipinski definition) is 0. The summed E-state index contributed by atoms with van der Waals surface area (Å²) in [4.78, 5) is 22.6. The average molecular weight is 249 g/mol. The van der Waals surface area contributed by atoms with E-state index in [4.69, 9.17) is 0 Å². The molecule has 1 aromatic heterocycles. The molecule has 17 heavy (non-hydrogen) atoms. The molecule has 0 N–H and O–H groups in total. The molecule has 0 saturated heterocycles. The minimum absolute atomic E-state index is 0.00737. The van der Waals surface area contributed by atoms with Crippen LogP contribution in [0.1, 0.15) is 15.9 Å². The monoisotopic (exact) mass is 249 g/mol. The molecule has 88 valence electrons. The predicted octanol–water partition coefficient (Wildman–Crippen LogP) is 1.74. The maximum atomic E-state index is 11.3. The Labute approximate surface area is 102 Å². The first-order valence-corrected chi connectivity index (χ1v) is 5.86. The van der Waals surface area contributed by atoms with E-state index in [1.165, 1.54) is 24.7 Å². The minimum atomic E-state index is -0.357. The number of esters is 1. The van der Waals surface area contributed by atoms with Crippen molar-refractivity contribution in [2.75, 3.05) is 7.11 Å². The molecular formula is C12H11NO3S. The molecule has 2 rings (SSSR count). The summed E-state index contributed by atoms with van der Waals surface area (Å²) in [6, 6.07) is 8.56. The summed E-state index contributed by atoms with van der Waals surface area (Å²) in [5.41, 5.74) is 1.48. The van der Waals surface area contributed by atoms with E-state index >= 15 is 0 Å². The number of ether oxygens (including phenoxy) is 1. The van der Waals surface area contributed by atoms with Gasteiger partial charge in [0.25, 0.3) is 5.56 Å². The van der Waals surface area contributed by atoms with Crippen molar-refractivity contribution in [3.8, 4) is 0 Å². The maximum Gasteiger partial charge on any atom is 0.337 e. The highest BCUT2D eigenvalue weighted by Gasteiger charge is 2.05. The fourth-order valence-electron chi connectivity index (χ4n) is 1.44. The molecule has 1 heterocycles. The number of carbonyl (C=O) groups excluding carboxylic acids is 1. The van der Waals surface area contributed by atoms with Crippen molar-refractivity contribution in [2.24, 2.45) is 0 Å². The summed E-state index contributed by atoms with van der Waals surface area (Å²) in [5, 5.41) is 1.76. The van der Waals surface area contributed by atoms with E-state index in [1.54, 1.807) is 21.5 Å². The van der Waals surface area contributed by atoms with Gasteiger partial charge in [0.2, 0.25) is 0 Å². The molecule has 0 aliphatic rings. The molecule has 5 heteroatoms. The van der Waals surface area contributed by atoms with Crippen LogP contribution >= 0.6 is 11.5 Å². The van der Waals surface area contributed by atoms with E-state index in [1.807, 2.05) is 12.1 Å². The van der Waals surface area contributed by atoms with Crippen LogP contribution in [0.4, 0.5) is 0 Å². The van der Waals surface area contributed by atoms with Gasteiger partial charge >= 0.3 is 5.97 Å². The molecule has 0 fully saturated rings. The molecule has 0 atom stereocenters. The average Bonchev–Trinajstić information content (AvgIpc) is 2.75. The Morgan fingerprint density at radius 1 is 1.29 bits per heavy atom. The van der Waals surface area contributed by atoms with Crippen molar-refractivity contribution in [1.82, 2.24) is 3.96 Å². The second-order valence-corrected chi connectivity index (χ2v) is 4.40. The molecule has 0 radical (unpaired) electrons. The van der Waals surface area contributed by atoms with Crippen molar-refractivity contribution in [2.45, 2.75) is 6.54 Å². The first kappa shape index (κ1) is 11.6. The summed E-state index contributed by atoms with van der Waals surface area (Å²) >= 11 is 1.37. The van der Waals surface area contributed by atoms with E-state index in [-0.39, 0.29) is 11.5 Å². The van der Waals surface area contributed by atoms with Crippen LogP contribution in [0.25, 0.3) is 0 Å². The normalized spacial score (nSPS) is 10.2. The second kappa shape index (κ2) is 4.97. The number of methoxy groups -OCH3 is 1. The Balaban J connectivity index is 2.16. The first-order chi connectivity index (χ1) is 8.20. The van der Waals surface area contributed by atoms with E-state index < -0.39 is 0 Å². The third kappa shape index (κ3) is 2.62. The Hall–Kier alpha value is -1.88. The highest BCUT2D eigenvalue weighted by atomic mass is 32.1. The third-order valence-electron chi connectivity index (χ3n) is 2.35. The summed E-state index contributed by atoms with van der Waals surface area (Å²) in [6.07, 6.45) is 0. The molecule has 0 aliphatic heterocycles. The van der Waals surface area contributed by atoms with Gasteiger partial charge < -0.3 is 4.74 Å². The van der Waals surface area contributed by atoms with Crippen molar-refractivity contribution in [3.63, 3.8) is 0 Å². The van der Waals surface area contributed by atoms with E-state index in [0.29, 0.717) is 12.1 Å². The zero-order valence-corrected chi connectivity index (χ0v) is 10.1. The fourth-order valence-corrected chi connectivity index (χ4v) is 2.15. The second-order valence-electron chi connectivity index (χ2n) is 3.47. The summed E-state index contributed by atoms with van der Waals surface area (Å²) < 4.78 is 6.26. The smallest absolute Gasteiger partial charge is 0.337 e. The van der Waals surface area contributed by atoms with E-state index in [0.717, 1.165) is 5.56 Å². The SMILES string of the molecule is COC(=O)c1ccc(Cn2sccc2=O)cc1. The van der Waals surface area contributed by atoms with Crippen molar-refractivity contribution in [1.29, 1.82) is 0 Å². The molecule has 1 aromatic carbocycles. The molecule has 0 aliphatic carbocycles. The predicted molar refractivity (Wildman–Crippen MR) is 65.5 cm³/mol. The number of carbonyl (C=O) groups is 1. The van der Waals surface area contributed by atoms with Gasteiger partial charge in [0.05, 0.1) is 19.2 Å². The number of aromatic nitrogens is 1. The maximum absolute atomic E-state index is 11.3. The molecule has 0 saturated carbocycles. The summed E-state index contributed by atoms with van der Waals surface area (Å²) in [5.74, 6) is -0.357. The Bertz CT molecular complexity index is 568. The van der Waals surface area contributed by atoms with E-state index in [9.17, 15) is 9.59 Å². The van der Waals surface area contributed by atoms with Crippen LogP contribution in [0.15, 0.2) is 40.5 Å². The van der Waals surface area contributed by atoms with Crippen LogP contribution in [0.2, 0.25) is 0 Å². The van der Waals surface area contributed by atoms with Crippen molar-refractivity contribution < 1.29 is 9.53 Å². The van der Waals surface area contributed by atoms with Gasteiger partial charge in [0.1, 0.15) is 0 Å². The van der Waals surface area contributed by atoms with Crippen molar-refractivity contribution >= 4 is 17.5 Å². The summed E-state index contributed by atoms with van der Waals surface area (Å²) in [7, 11) is 1.35. The van der Waals surface area contributed by atoms with Gasteiger partial charge in [-0.15, -0.1) is 0 Å². The molecule has 0 bridgehead atoms. The van der Waals surface area contributed by atoms with Crippen molar-refractivity contribution in [3.05, 3.63) is 57.2 Å². The lowest BCUT2D eigenvalue weighted by molar-refractivity contribution is 0.0600. The van der Waals surface area contributed by atoms with Crippen LogP contribution in [0.5, 0.6) is 0 Å². The number of rotatable bonds is 3. The van der Waals surface area contributed by atoms with Gasteiger partial charge in [-0.3, -0.25) is 8.75 Å². The zero-order chi connectivity index (χ0) is 12.3. The third-order valence-corrected chi connectivity index (χ3v) is 3.17. The van der Waals surface area contributed by atoms with Crippen LogP contribution in [-0.2, 0) is 11.3 Å². The fraction of sp³-hybridized carbons (Fsp3) is 0.167. The lowest BCUT2D eigenvalue weighted by Gasteiger charge is -2.03. The standard InChI is InChI=1S/C12H11NO3S/c1-16-12(15)10-4-2-9(3-5-10)8-13-11(14)6-7-17-13/h2-7H,8H2,1H3. The molecule has 2 aromatic rings. The van der Waals surface area contributed by atoms with Gasteiger partial charge in [-0.05, 0) is 17.7 Å². The minimum Gasteiger partial charge on any atom is -0.465 e. The number of hydrogen-bond acceptors (Lipinski definition) is 4. The topological polar surface area (TPSA) is 48.3 Å². The van der Waals surface area contributed by atoms with E-state index in [2.05, 4.69) is 4.74 Å². The molecule has 0 amide bonds. The largest absolute Gasteiger partial charge is 0.465 e. The van der Waals surface area contributed by atoms with Crippen LogP contribution < -0.4 is 5.56 Å². The Kier molecular flexibility index (Phi) is 3.39. The highest BCUT2D eigenvalue weighted by molar-refractivity contribution is 7.04. The molecular weight excluding hydrogens is 238 g/mol. The van der Waals surface area contributed by atoms with Crippen LogP contribution in [0, 0.1) is 0 Å². The number of benzene rings is 1. The Morgan fingerprint density at radius 2 is 2.00 bits per heavy atom. The van der Waals surface area contributed by atoms with Crippen LogP contribution in [-0.4, -0.2) is 17.0 Å². The lowest BCUT2D eigenvalue weighted by atomic mass is 10.1. The summed E-state index contributed by atoms with van der Waals surface area (Å²) in [6.45, 7) is 0.526. The highest BCUT2D eigenvalue weighted by Crippen LogP contribution is 2.08. The van der Waals surface area contributed by atoms with Gasteiger partial charge in [-0.25, -0.2) is 4.79 Å². The van der Waals surface area contributed by atoms with Gasteiger partial charge in [0.15, 0.2) is 0 Å². The molecule has 0 unspecified atom stereocenters. The van der Waals surface area contributed by atoms with Gasteiger partial charge in [-0.1, -0.05) is 23.7 Å². The molecule has 4 nitrogen and oxygen atoms in total. The molecule has 0 spiro atoms. The number of nitrogens with zero attached hydrogens (tertiary/aromatic N) is 1. The first-order valence-electron chi connectivity index (χ1n) is 5.03. The Morgan fingerprint density at radius 3 is 2.53 bits per heavy atom.